The smallest absolute Gasteiger partial charge is 0.173 e. The normalized spacial score (nSPS) is 13.6. The highest BCUT2D eigenvalue weighted by molar-refractivity contribution is 6.84. The molecule has 0 saturated heterocycles. The molecule has 0 bridgehead atoms. The Kier molecular flexibility index (Phi) is 6.88. The van der Waals surface area contributed by atoms with Gasteiger partial charge in [0.1, 0.15) is 0 Å². The molecule has 0 saturated carbocycles. The van der Waals surface area contributed by atoms with Crippen LogP contribution in [0.25, 0.3) is 0 Å². The average molecular weight is 325 g/mol. The summed E-state index contributed by atoms with van der Waals surface area (Å²) in [5, 5.41) is 18.3. The molecule has 0 N–H and O–H groups in total. The first-order valence-corrected chi connectivity index (χ1v) is 14.0. The molecule has 0 heterocycles. The van der Waals surface area contributed by atoms with Crippen LogP contribution in [0.3, 0.4) is 0 Å². The topological polar surface area (TPSA) is 56.8 Å². The minimum atomic E-state index is -1.74. The van der Waals surface area contributed by atoms with Crippen LogP contribution in [0.1, 0.15) is 40.5 Å². The Hall–Kier alpha value is -0.626. The zero-order chi connectivity index (χ0) is 16.9. The van der Waals surface area contributed by atoms with Gasteiger partial charge in [-0.2, -0.15) is 10.5 Å². The van der Waals surface area contributed by atoms with Gasteiger partial charge in [0.05, 0.1) is 23.0 Å². The van der Waals surface area contributed by atoms with Gasteiger partial charge in [0.2, 0.25) is 0 Å². The minimum Gasteiger partial charge on any atom is -0.455 e. The molecule has 21 heavy (non-hydrogen) atoms. The van der Waals surface area contributed by atoms with Crippen LogP contribution in [0.4, 0.5) is 0 Å². The number of hydrogen-bond donors (Lipinski definition) is 0. The van der Waals surface area contributed by atoms with Crippen molar-refractivity contribution in [3.05, 3.63) is 0 Å². The Morgan fingerprint density at radius 3 is 1.29 bits per heavy atom. The summed E-state index contributed by atoms with van der Waals surface area (Å²) in [7, 11) is -3.49. The SMILES string of the molecule is CC(C)(C#N)CC[Si](C)(C)O[Si](C)(C)CCC(C)(C)C#N. The van der Waals surface area contributed by atoms with E-state index in [2.05, 4.69) is 38.3 Å². The van der Waals surface area contributed by atoms with Crippen molar-refractivity contribution in [2.45, 2.75) is 78.8 Å². The summed E-state index contributed by atoms with van der Waals surface area (Å²) in [6, 6.07) is 6.78. The summed E-state index contributed by atoms with van der Waals surface area (Å²) in [6.45, 7) is 17.0. The Balaban J connectivity index is 4.56. The first kappa shape index (κ1) is 20.4. The third-order valence-electron chi connectivity index (χ3n) is 3.86. The van der Waals surface area contributed by atoms with E-state index in [1.165, 1.54) is 0 Å². The molecule has 0 aromatic heterocycles. The molecule has 0 aliphatic heterocycles. The Labute approximate surface area is 133 Å². The molecule has 0 aliphatic rings. The molecule has 0 radical (unpaired) electrons. The first-order chi connectivity index (χ1) is 9.24. The lowest BCUT2D eigenvalue weighted by Gasteiger charge is -2.36. The summed E-state index contributed by atoms with van der Waals surface area (Å²) in [4.78, 5) is 0. The van der Waals surface area contributed by atoms with Crippen molar-refractivity contribution < 1.29 is 4.12 Å². The van der Waals surface area contributed by atoms with Crippen molar-refractivity contribution in [3.8, 4) is 12.1 Å². The van der Waals surface area contributed by atoms with Crippen LogP contribution >= 0.6 is 0 Å². The van der Waals surface area contributed by atoms with Gasteiger partial charge in [-0.25, -0.2) is 0 Å². The van der Waals surface area contributed by atoms with E-state index in [0.29, 0.717) is 0 Å². The van der Waals surface area contributed by atoms with Gasteiger partial charge in [0.25, 0.3) is 0 Å². The zero-order valence-corrected chi connectivity index (χ0v) is 17.1. The fourth-order valence-corrected chi connectivity index (χ4v) is 11.4. The highest BCUT2D eigenvalue weighted by Crippen LogP contribution is 2.31. The lowest BCUT2D eigenvalue weighted by Crippen LogP contribution is -2.45. The van der Waals surface area contributed by atoms with Gasteiger partial charge in [0.15, 0.2) is 16.6 Å². The van der Waals surface area contributed by atoms with Crippen LogP contribution in [0.2, 0.25) is 38.3 Å². The fourth-order valence-electron chi connectivity index (χ4n) is 2.19. The van der Waals surface area contributed by atoms with Gasteiger partial charge >= 0.3 is 0 Å². The molecule has 0 aliphatic carbocycles. The molecular weight excluding hydrogens is 292 g/mol. The molecule has 0 rings (SSSR count). The van der Waals surface area contributed by atoms with E-state index in [0.717, 1.165) is 24.9 Å². The summed E-state index contributed by atoms with van der Waals surface area (Å²) in [5.41, 5.74) is -0.524. The molecule has 0 amide bonds. The number of nitrogens with zero attached hydrogens (tertiary/aromatic N) is 2. The van der Waals surface area contributed by atoms with Gasteiger partial charge in [0, 0.05) is 0 Å². The molecule has 0 fully saturated rings. The summed E-state index contributed by atoms with van der Waals surface area (Å²) >= 11 is 0. The predicted octanol–water partition coefficient (Wildman–Crippen LogP) is 5.29. The van der Waals surface area contributed by atoms with Crippen molar-refractivity contribution in [1.29, 1.82) is 10.5 Å². The summed E-state index contributed by atoms with van der Waals surface area (Å²) < 4.78 is 6.56. The highest BCUT2D eigenvalue weighted by Gasteiger charge is 2.35. The van der Waals surface area contributed by atoms with Gasteiger partial charge < -0.3 is 4.12 Å². The van der Waals surface area contributed by atoms with E-state index < -0.39 is 16.6 Å². The maximum Gasteiger partial charge on any atom is 0.173 e. The molecule has 0 spiro atoms. The standard InChI is InChI=1S/C16H32N2OSi2/c1-15(2,13-17)9-11-20(5,6)19-21(7,8)12-10-16(3,4)14-18/h9-12H2,1-8H3. The lowest BCUT2D eigenvalue weighted by molar-refractivity contribution is 0.439. The molecule has 0 unspecified atom stereocenters. The van der Waals surface area contributed by atoms with Crippen molar-refractivity contribution in [3.63, 3.8) is 0 Å². The van der Waals surface area contributed by atoms with Crippen molar-refractivity contribution >= 4 is 16.6 Å². The van der Waals surface area contributed by atoms with Crippen LogP contribution in [0, 0.1) is 33.5 Å². The highest BCUT2D eigenvalue weighted by atomic mass is 28.4. The lowest BCUT2D eigenvalue weighted by atomic mass is 9.93. The third-order valence-corrected chi connectivity index (χ3v) is 11.2. The van der Waals surface area contributed by atoms with Crippen LogP contribution in [-0.4, -0.2) is 16.6 Å². The molecule has 0 aromatic carbocycles. The van der Waals surface area contributed by atoms with Gasteiger partial charge in [-0.15, -0.1) is 0 Å². The molecule has 5 heteroatoms. The third kappa shape index (κ3) is 9.08. The second-order valence-electron chi connectivity index (χ2n) is 8.61. The van der Waals surface area contributed by atoms with Crippen LogP contribution in [0.15, 0.2) is 0 Å². The first-order valence-electron chi connectivity index (χ1n) is 7.77. The molecule has 0 aromatic rings. The van der Waals surface area contributed by atoms with E-state index in [-0.39, 0.29) is 10.8 Å². The van der Waals surface area contributed by atoms with Gasteiger partial charge in [-0.05, 0) is 78.8 Å². The van der Waals surface area contributed by atoms with E-state index in [9.17, 15) is 0 Å². The Morgan fingerprint density at radius 1 is 0.762 bits per heavy atom. The average Bonchev–Trinajstić information content (AvgIpc) is 2.34. The predicted molar refractivity (Wildman–Crippen MR) is 93.7 cm³/mol. The Bertz CT molecular complexity index is 389. The largest absolute Gasteiger partial charge is 0.455 e. The second-order valence-corrected chi connectivity index (χ2v) is 17.5. The van der Waals surface area contributed by atoms with Crippen molar-refractivity contribution in [2.24, 2.45) is 10.8 Å². The fraction of sp³-hybridized carbons (Fsp3) is 0.875. The quantitative estimate of drug-likeness (QED) is 0.570. The molecular formula is C16H32N2OSi2. The maximum absolute atomic E-state index is 9.13. The zero-order valence-electron chi connectivity index (χ0n) is 15.1. The van der Waals surface area contributed by atoms with E-state index in [4.69, 9.17) is 14.6 Å². The monoisotopic (exact) mass is 324 g/mol. The van der Waals surface area contributed by atoms with E-state index in [1.807, 2.05) is 27.7 Å². The summed E-state index contributed by atoms with van der Waals surface area (Å²) in [5.74, 6) is 0. The van der Waals surface area contributed by atoms with Crippen molar-refractivity contribution in [1.82, 2.24) is 0 Å². The number of rotatable bonds is 8. The van der Waals surface area contributed by atoms with Crippen LogP contribution in [-0.2, 0) is 4.12 Å². The Morgan fingerprint density at radius 2 is 1.05 bits per heavy atom. The van der Waals surface area contributed by atoms with Gasteiger partial charge in [-0.1, -0.05) is 0 Å². The number of hydrogen-bond acceptors (Lipinski definition) is 3. The molecule has 3 nitrogen and oxygen atoms in total. The molecule has 0 atom stereocenters. The molecule has 120 valence electrons. The van der Waals surface area contributed by atoms with E-state index in [1.54, 1.807) is 0 Å². The summed E-state index contributed by atoms with van der Waals surface area (Å²) in [6.07, 6.45) is 1.80. The maximum atomic E-state index is 9.13. The second kappa shape index (κ2) is 7.09. The van der Waals surface area contributed by atoms with E-state index >= 15 is 0 Å². The number of nitriles is 2. The van der Waals surface area contributed by atoms with Gasteiger partial charge in [-0.3, -0.25) is 0 Å². The van der Waals surface area contributed by atoms with Crippen molar-refractivity contribution in [2.75, 3.05) is 0 Å². The van der Waals surface area contributed by atoms with Crippen LogP contribution in [0.5, 0.6) is 0 Å². The minimum absolute atomic E-state index is 0.262. The van der Waals surface area contributed by atoms with Crippen LogP contribution < -0.4 is 0 Å².